The lowest BCUT2D eigenvalue weighted by molar-refractivity contribution is -0.104. The molecule has 0 saturated carbocycles. The Morgan fingerprint density at radius 3 is 2.71 bits per heavy atom. The van der Waals surface area contributed by atoms with Crippen LogP contribution in [0.4, 0.5) is 20.8 Å². The van der Waals surface area contributed by atoms with E-state index in [2.05, 4.69) is 20.6 Å². The molecule has 1 aromatic heterocycles. The van der Waals surface area contributed by atoms with E-state index in [0.717, 1.165) is 0 Å². The Labute approximate surface area is 259 Å². The predicted octanol–water partition coefficient (Wildman–Crippen LogP) is 4.07. The molecule has 0 bridgehead atoms. The van der Waals surface area contributed by atoms with Gasteiger partial charge in [0.15, 0.2) is 11.9 Å². The number of aromatic nitrogens is 2. The molecule has 1 aromatic carbocycles. The van der Waals surface area contributed by atoms with Crippen molar-refractivity contribution in [2.75, 3.05) is 30.4 Å². The van der Waals surface area contributed by atoms with Gasteiger partial charge in [0, 0.05) is 37.0 Å². The third-order valence-electron chi connectivity index (χ3n) is 7.69. The summed E-state index contributed by atoms with van der Waals surface area (Å²) in [5.74, 6) is -0.234. The zero-order valence-electron chi connectivity index (χ0n) is 24.7. The number of halogens is 1. The molecule has 45 heavy (non-hydrogen) atoms. The fourth-order valence-electron chi connectivity index (χ4n) is 5.65. The largest absolute Gasteiger partial charge is 0.478 e. The normalized spacial score (nSPS) is 21.8. The molecule has 0 spiro atoms. The van der Waals surface area contributed by atoms with Gasteiger partial charge < -0.3 is 24.6 Å². The molecule has 2 unspecified atom stereocenters. The van der Waals surface area contributed by atoms with Crippen LogP contribution in [0.2, 0.25) is 0 Å². The summed E-state index contributed by atoms with van der Waals surface area (Å²) >= 11 is 0. The number of ether oxygens (including phenoxy) is 3. The first-order valence-corrected chi connectivity index (χ1v) is 14.6. The molecule has 3 atom stereocenters. The topological polar surface area (TPSA) is 138 Å². The molecule has 13 heteroatoms. The highest BCUT2D eigenvalue weighted by Crippen LogP contribution is 2.43. The summed E-state index contributed by atoms with van der Waals surface area (Å²) in [6, 6.07) is 3.64. The summed E-state index contributed by atoms with van der Waals surface area (Å²) in [6.07, 6.45) is 15.4. The molecule has 3 N–H and O–H groups in total. The van der Waals surface area contributed by atoms with Crippen LogP contribution in [0.1, 0.15) is 28.4 Å². The van der Waals surface area contributed by atoms with Crippen LogP contribution in [0.25, 0.3) is 0 Å². The molecule has 1 aliphatic carbocycles. The molecule has 2 aromatic rings. The summed E-state index contributed by atoms with van der Waals surface area (Å²) in [5, 5.41) is 15.1. The van der Waals surface area contributed by atoms with Crippen molar-refractivity contribution in [2.45, 2.75) is 38.4 Å². The molecule has 4 heterocycles. The zero-order chi connectivity index (χ0) is 31.5. The van der Waals surface area contributed by atoms with Crippen LogP contribution in [-0.4, -0.2) is 70.6 Å². The van der Waals surface area contributed by atoms with Gasteiger partial charge in [-0.3, -0.25) is 15.1 Å². The molecular formula is C32H33FN6O6. The van der Waals surface area contributed by atoms with Crippen LogP contribution in [-0.2, 0) is 27.2 Å². The van der Waals surface area contributed by atoms with Crippen LogP contribution < -0.4 is 15.5 Å². The number of amides is 2. The second kappa shape index (κ2) is 12.9. The second-order valence-corrected chi connectivity index (χ2v) is 10.8. The highest BCUT2D eigenvalue weighted by atomic mass is 19.1. The fourth-order valence-corrected chi connectivity index (χ4v) is 5.65. The van der Waals surface area contributed by atoms with Gasteiger partial charge in [-0.15, -0.1) is 0 Å². The Hall–Kier alpha value is -5.01. The number of nitrogens with zero attached hydrogens (tertiary/aromatic N) is 4. The van der Waals surface area contributed by atoms with E-state index < -0.39 is 30.3 Å². The van der Waals surface area contributed by atoms with Gasteiger partial charge >= 0.3 is 12.0 Å². The van der Waals surface area contributed by atoms with E-state index in [9.17, 15) is 19.1 Å². The number of hydrogen-bond donors (Lipinski definition) is 3. The van der Waals surface area contributed by atoms with E-state index in [1.807, 2.05) is 55.7 Å². The van der Waals surface area contributed by atoms with Gasteiger partial charge in [0.2, 0.25) is 12.2 Å². The van der Waals surface area contributed by atoms with E-state index in [-0.39, 0.29) is 36.2 Å². The lowest BCUT2D eigenvalue weighted by atomic mass is 10.1. The average molecular weight is 617 g/mol. The number of nitrogens with one attached hydrogen (secondary N) is 2. The Morgan fingerprint density at radius 1 is 1.16 bits per heavy atom. The van der Waals surface area contributed by atoms with E-state index in [1.54, 1.807) is 16.8 Å². The summed E-state index contributed by atoms with van der Waals surface area (Å²) < 4.78 is 34.1. The van der Waals surface area contributed by atoms with Gasteiger partial charge in [0.05, 0.1) is 11.5 Å². The van der Waals surface area contributed by atoms with Crippen molar-refractivity contribution in [2.24, 2.45) is 5.92 Å². The van der Waals surface area contributed by atoms with Crippen molar-refractivity contribution in [1.29, 1.82) is 0 Å². The van der Waals surface area contributed by atoms with E-state index in [0.29, 0.717) is 41.8 Å². The second-order valence-electron chi connectivity index (χ2n) is 10.8. The van der Waals surface area contributed by atoms with Crippen molar-refractivity contribution < 1.29 is 33.3 Å². The highest BCUT2D eigenvalue weighted by Gasteiger charge is 2.50. The molecule has 3 aliphatic heterocycles. The highest BCUT2D eigenvalue weighted by molar-refractivity contribution is 5.90. The number of benzene rings is 1. The number of carboxylic acids is 1. The van der Waals surface area contributed by atoms with E-state index in [1.165, 1.54) is 24.5 Å². The first-order valence-electron chi connectivity index (χ1n) is 14.6. The number of carbonyl (C=O) groups is 2. The maximum absolute atomic E-state index is 14.7. The Morgan fingerprint density at radius 2 is 1.96 bits per heavy atom. The summed E-state index contributed by atoms with van der Waals surface area (Å²) in [6.45, 7) is 2.58. The van der Waals surface area contributed by atoms with Crippen LogP contribution >= 0.6 is 0 Å². The fraction of sp³-hybridized carbons (Fsp3) is 0.312. The number of allylic oxidation sites excluding steroid dienone is 5. The SMILES string of the molecule is CCNC(=O)Nc1ncnc2c1CC=CN2C1=C2O[C@@H](C3C=CC=CC=C3)OC2C(CN(C)Cc2c(F)cccc2C(=O)O)O1. The minimum atomic E-state index is -1.20. The number of carbonyl (C=O) groups excluding carboxylic acids is 1. The third kappa shape index (κ3) is 6.17. The van der Waals surface area contributed by atoms with E-state index in [4.69, 9.17) is 14.2 Å². The van der Waals surface area contributed by atoms with Crippen molar-refractivity contribution in [3.8, 4) is 0 Å². The number of fused-ring (bicyclic) bond motifs is 2. The lowest BCUT2D eigenvalue weighted by Gasteiger charge is -2.29. The molecular weight excluding hydrogens is 583 g/mol. The van der Waals surface area contributed by atoms with Crippen LogP contribution in [0.3, 0.4) is 0 Å². The molecule has 1 fully saturated rings. The Balaban J connectivity index is 1.30. The first-order chi connectivity index (χ1) is 21.8. The molecule has 0 radical (unpaired) electrons. The summed E-state index contributed by atoms with van der Waals surface area (Å²) in [5.41, 5.74) is 0.678. The van der Waals surface area contributed by atoms with Gasteiger partial charge in [-0.2, -0.15) is 0 Å². The number of hydrogen-bond acceptors (Lipinski definition) is 9. The van der Waals surface area contributed by atoms with Gasteiger partial charge in [-0.1, -0.05) is 48.6 Å². The van der Waals surface area contributed by atoms with Crippen molar-refractivity contribution >= 4 is 23.6 Å². The van der Waals surface area contributed by atoms with Crippen molar-refractivity contribution in [3.05, 3.63) is 107 Å². The summed E-state index contributed by atoms with van der Waals surface area (Å²) in [7, 11) is 1.76. The van der Waals surface area contributed by atoms with Crippen LogP contribution in [0.15, 0.2) is 84.9 Å². The minimum Gasteiger partial charge on any atom is -0.478 e. The lowest BCUT2D eigenvalue weighted by Crippen LogP contribution is -2.38. The van der Waals surface area contributed by atoms with Crippen LogP contribution in [0, 0.1) is 11.7 Å². The Kier molecular flexibility index (Phi) is 8.62. The number of aromatic carboxylic acids is 1. The maximum Gasteiger partial charge on any atom is 0.336 e. The molecule has 6 rings (SSSR count). The van der Waals surface area contributed by atoms with E-state index >= 15 is 0 Å². The molecule has 1 saturated heterocycles. The number of anilines is 2. The number of carboxylic acid groups (broad SMARTS) is 1. The molecule has 2 amide bonds. The monoisotopic (exact) mass is 616 g/mol. The number of urea groups is 1. The van der Waals surface area contributed by atoms with Gasteiger partial charge in [-0.05, 0) is 32.5 Å². The zero-order valence-corrected chi connectivity index (χ0v) is 24.7. The number of rotatable bonds is 9. The predicted molar refractivity (Wildman–Crippen MR) is 162 cm³/mol. The van der Waals surface area contributed by atoms with Crippen LogP contribution in [0.5, 0.6) is 0 Å². The van der Waals surface area contributed by atoms with Crippen molar-refractivity contribution in [1.82, 2.24) is 20.2 Å². The standard InChI is InChI=1S/C32H33FN6O6/c1-3-34-32(42)37-27-21-13-9-15-39(28(21)36-18-35-27)29-26-25(44-31(45-26)19-10-6-4-5-7-11-19)24(43-29)17-38(2)16-22-20(30(40)41)12-8-14-23(22)33/h4-12,14-15,18-19,24-25,31H,3,13,16-17H2,1-2H3,(H,40,41)(H2,34,35,36,37,42)/t24?,25?,31-/m0/s1. The molecule has 234 valence electrons. The van der Waals surface area contributed by atoms with Crippen molar-refractivity contribution in [3.63, 3.8) is 0 Å². The average Bonchev–Trinajstić information content (AvgIpc) is 3.46. The van der Waals surface area contributed by atoms with Gasteiger partial charge in [0.1, 0.15) is 29.9 Å². The van der Waals surface area contributed by atoms with Gasteiger partial charge in [0.25, 0.3) is 0 Å². The summed E-state index contributed by atoms with van der Waals surface area (Å²) in [4.78, 5) is 36.4. The Bertz CT molecular complexity index is 1620. The maximum atomic E-state index is 14.7. The molecule has 4 aliphatic rings. The quantitative estimate of drug-likeness (QED) is 0.378. The number of likely N-dealkylation sites (N-methyl/N-ethyl adjacent to an activating group) is 1. The minimum absolute atomic E-state index is 0.0319. The van der Waals surface area contributed by atoms with Gasteiger partial charge in [-0.25, -0.2) is 23.9 Å². The molecule has 12 nitrogen and oxygen atoms in total. The third-order valence-corrected chi connectivity index (χ3v) is 7.69. The first kappa shape index (κ1) is 30.0. The smallest absolute Gasteiger partial charge is 0.336 e.